The second-order valence-corrected chi connectivity index (χ2v) is 12.0. The molecule has 1 N–H and O–H groups in total. The van der Waals surface area contributed by atoms with E-state index in [-0.39, 0.29) is 10.6 Å². The predicted octanol–water partition coefficient (Wildman–Crippen LogP) is 4.64. The van der Waals surface area contributed by atoms with Gasteiger partial charge in [-0.15, -0.1) is 0 Å². The van der Waals surface area contributed by atoms with Crippen molar-refractivity contribution in [3.8, 4) is 22.5 Å². The van der Waals surface area contributed by atoms with Crippen LogP contribution in [0.3, 0.4) is 0 Å². The van der Waals surface area contributed by atoms with Crippen LogP contribution < -0.4 is 9.80 Å². The molecule has 7 nitrogen and oxygen atoms in total. The van der Waals surface area contributed by atoms with Gasteiger partial charge >= 0.3 is 0 Å². The third-order valence-corrected chi connectivity index (χ3v) is 7.87. The maximum atomic E-state index is 12.9. The first-order chi connectivity index (χ1) is 16.8. The van der Waals surface area contributed by atoms with E-state index in [1.807, 2.05) is 80.5 Å². The molecule has 0 aliphatic heterocycles. The Labute approximate surface area is 213 Å². The molecule has 4 aromatic rings. The monoisotopic (exact) mass is 504 g/mol. The Morgan fingerprint density at radius 3 is 1.72 bits per heavy atom. The van der Waals surface area contributed by atoms with E-state index in [2.05, 4.69) is 6.07 Å². The summed E-state index contributed by atoms with van der Waals surface area (Å²) in [6, 6.07) is 20.9. The highest BCUT2D eigenvalue weighted by Crippen LogP contribution is 2.34. The minimum atomic E-state index is -3.71. The highest BCUT2D eigenvalue weighted by molar-refractivity contribution is 7.91. The van der Waals surface area contributed by atoms with Gasteiger partial charge < -0.3 is 14.9 Å². The summed E-state index contributed by atoms with van der Waals surface area (Å²) in [6.07, 6.45) is 0. The Kier molecular flexibility index (Phi) is 6.77. The molecular weight excluding hydrogens is 472 g/mol. The maximum absolute atomic E-state index is 12.9. The number of anilines is 2. The van der Waals surface area contributed by atoms with Gasteiger partial charge in [-0.1, -0.05) is 24.3 Å². The molecule has 3 aromatic carbocycles. The number of fused-ring (bicyclic) bond motifs is 1. The van der Waals surface area contributed by atoms with Crippen LogP contribution in [0.25, 0.3) is 33.5 Å². The molecule has 0 saturated carbocycles. The zero-order chi connectivity index (χ0) is 26.3. The van der Waals surface area contributed by atoms with Crippen molar-refractivity contribution in [2.45, 2.75) is 24.3 Å². The number of aliphatic hydroxyl groups is 1. The highest BCUT2D eigenvalue weighted by atomic mass is 32.2. The van der Waals surface area contributed by atoms with Crippen molar-refractivity contribution in [3.05, 3.63) is 66.7 Å². The summed E-state index contributed by atoms with van der Waals surface area (Å²) < 4.78 is 25.9. The summed E-state index contributed by atoms with van der Waals surface area (Å²) in [6.45, 7) is 2.96. The molecule has 8 heteroatoms. The van der Waals surface area contributed by atoms with Crippen LogP contribution in [0.5, 0.6) is 0 Å². The fourth-order valence-electron chi connectivity index (χ4n) is 4.04. The van der Waals surface area contributed by atoms with Crippen molar-refractivity contribution in [2.75, 3.05) is 43.7 Å². The topological polar surface area (TPSA) is 86.6 Å². The van der Waals surface area contributed by atoms with Crippen LogP contribution in [0.15, 0.2) is 71.6 Å². The smallest absolute Gasteiger partial charge is 0.181 e. The first-order valence-electron chi connectivity index (χ1n) is 11.7. The van der Waals surface area contributed by atoms with Gasteiger partial charge in [0.1, 0.15) is 0 Å². The van der Waals surface area contributed by atoms with E-state index in [4.69, 9.17) is 9.97 Å². The SMILES string of the molecule is CN(C)c1cccc(-c2nc3ccc(S(=O)(=O)CC(C)(C)O)cc3nc2-c2cccc(N(C)C)c2)c1. The third kappa shape index (κ3) is 5.50. The van der Waals surface area contributed by atoms with Crippen LogP contribution in [-0.4, -0.2) is 63.0 Å². The van der Waals surface area contributed by atoms with E-state index >= 15 is 0 Å². The Hall–Kier alpha value is -3.49. The minimum absolute atomic E-state index is 0.113. The number of rotatable bonds is 7. The molecule has 4 rings (SSSR count). The van der Waals surface area contributed by atoms with E-state index in [0.717, 1.165) is 22.5 Å². The predicted molar refractivity (Wildman–Crippen MR) is 147 cm³/mol. The van der Waals surface area contributed by atoms with Crippen molar-refractivity contribution < 1.29 is 13.5 Å². The zero-order valence-corrected chi connectivity index (χ0v) is 22.3. The largest absolute Gasteiger partial charge is 0.389 e. The lowest BCUT2D eigenvalue weighted by atomic mass is 10.0. The van der Waals surface area contributed by atoms with Crippen LogP contribution in [0.1, 0.15) is 13.8 Å². The summed E-state index contributed by atoms with van der Waals surface area (Å²) in [7, 11) is 4.22. The lowest BCUT2D eigenvalue weighted by molar-refractivity contribution is 0.105. The number of benzene rings is 3. The van der Waals surface area contributed by atoms with Gasteiger partial charge in [-0.3, -0.25) is 0 Å². The molecule has 0 aliphatic rings. The summed E-state index contributed by atoms with van der Waals surface area (Å²) >= 11 is 0. The molecule has 0 saturated heterocycles. The zero-order valence-electron chi connectivity index (χ0n) is 21.5. The second kappa shape index (κ2) is 9.52. The molecule has 0 spiro atoms. The van der Waals surface area contributed by atoms with Crippen LogP contribution in [-0.2, 0) is 9.84 Å². The fraction of sp³-hybridized carbons (Fsp3) is 0.286. The van der Waals surface area contributed by atoms with Crippen LogP contribution >= 0.6 is 0 Å². The van der Waals surface area contributed by atoms with Crippen molar-refractivity contribution in [1.29, 1.82) is 0 Å². The number of hydrogen-bond acceptors (Lipinski definition) is 7. The van der Waals surface area contributed by atoms with Gasteiger partial charge in [0.05, 0.1) is 38.7 Å². The van der Waals surface area contributed by atoms with Gasteiger partial charge in [0.25, 0.3) is 0 Å². The Morgan fingerprint density at radius 1 is 0.750 bits per heavy atom. The van der Waals surface area contributed by atoms with Crippen molar-refractivity contribution in [3.63, 3.8) is 0 Å². The minimum Gasteiger partial charge on any atom is -0.389 e. The summed E-state index contributed by atoms with van der Waals surface area (Å²) in [5.41, 5.74) is 4.95. The lowest BCUT2D eigenvalue weighted by Crippen LogP contribution is -2.30. The number of nitrogens with zero attached hydrogens (tertiary/aromatic N) is 4. The first-order valence-corrected chi connectivity index (χ1v) is 13.3. The van der Waals surface area contributed by atoms with Gasteiger partial charge in [-0.05, 0) is 56.3 Å². The Balaban J connectivity index is 1.96. The molecule has 0 aliphatic carbocycles. The Bertz CT molecular complexity index is 1520. The standard InChI is InChI=1S/C28H32N4O3S/c1-28(2,33)18-36(34,35)23-13-14-24-25(17-23)30-27(20-10-8-12-22(16-20)32(5)6)26(29-24)19-9-7-11-21(15-19)31(3)4/h7-17,33H,18H2,1-6H3. The van der Waals surface area contributed by atoms with E-state index in [1.165, 1.54) is 19.9 Å². The molecule has 0 amide bonds. The number of hydrogen-bond donors (Lipinski definition) is 1. The van der Waals surface area contributed by atoms with Gasteiger partial charge in [-0.25, -0.2) is 18.4 Å². The van der Waals surface area contributed by atoms with Gasteiger partial charge in [0.15, 0.2) is 9.84 Å². The van der Waals surface area contributed by atoms with Gasteiger partial charge in [0.2, 0.25) is 0 Å². The summed E-state index contributed by atoms with van der Waals surface area (Å²) in [5, 5.41) is 10.1. The van der Waals surface area contributed by atoms with Crippen molar-refractivity contribution in [1.82, 2.24) is 9.97 Å². The van der Waals surface area contributed by atoms with E-state index in [0.29, 0.717) is 22.4 Å². The fourth-order valence-corrected chi connectivity index (χ4v) is 5.70. The van der Waals surface area contributed by atoms with Crippen molar-refractivity contribution >= 4 is 32.2 Å². The van der Waals surface area contributed by atoms with Gasteiger partial charge in [-0.2, -0.15) is 0 Å². The second-order valence-electron chi connectivity index (χ2n) is 10.0. The molecule has 1 aromatic heterocycles. The molecule has 0 atom stereocenters. The van der Waals surface area contributed by atoms with Crippen LogP contribution in [0.2, 0.25) is 0 Å². The molecule has 1 heterocycles. The summed E-state index contributed by atoms with van der Waals surface area (Å²) in [5.74, 6) is -0.383. The maximum Gasteiger partial charge on any atom is 0.181 e. The average Bonchev–Trinajstić information content (AvgIpc) is 2.81. The lowest BCUT2D eigenvalue weighted by Gasteiger charge is -2.18. The normalized spacial score (nSPS) is 12.1. The first kappa shape index (κ1) is 25.6. The van der Waals surface area contributed by atoms with Crippen LogP contribution in [0, 0.1) is 0 Å². The molecule has 36 heavy (non-hydrogen) atoms. The highest BCUT2D eigenvalue weighted by Gasteiger charge is 2.26. The molecule has 0 radical (unpaired) electrons. The number of sulfone groups is 1. The molecular formula is C28H32N4O3S. The molecule has 188 valence electrons. The van der Waals surface area contributed by atoms with E-state index < -0.39 is 15.4 Å². The van der Waals surface area contributed by atoms with Crippen molar-refractivity contribution in [2.24, 2.45) is 0 Å². The van der Waals surface area contributed by atoms with E-state index in [1.54, 1.807) is 12.1 Å². The van der Waals surface area contributed by atoms with Crippen LogP contribution in [0.4, 0.5) is 11.4 Å². The molecule has 0 unspecified atom stereocenters. The van der Waals surface area contributed by atoms with E-state index in [9.17, 15) is 13.5 Å². The van der Waals surface area contributed by atoms with Gasteiger partial charge in [0, 0.05) is 50.7 Å². The summed E-state index contributed by atoms with van der Waals surface area (Å²) in [4.78, 5) is 14.1. The molecule has 0 bridgehead atoms. The average molecular weight is 505 g/mol. The number of aromatic nitrogens is 2. The quantitative estimate of drug-likeness (QED) is 0.392. The molecule has 0 fully saturated rings. The Morgan fingerprint density at radius 2 is 1.25 bits per heavy atom. The third-order valence-electron chi connectivity index (χ3n) is 5.81.